The number of nitrogens with one attached hydrogen (secondary N) is 1. The number of carbonyl (C=O) groups is 1. The maximum absolute atomic E-state index is 13.5. The molecule has 1 unspecified atom stereocenters. The number of nitrogens with zero attached hydrogens (tertiary/aromatic N) is 3. The van der Waals surface area contributed by atoms with Gasteiger partial charge in [-0.2, -0.15) is 13.2 Å². The molecular formula is C23H24F4N4O5S. The first kappa shape index (κ1) is 26.6. The highest BCUT2D eigenvalue weighted by atomic mass is 32.2. The minimum absolute atomic E-state index is 0.0259. The minimum atomic E-state index is -4.64. The summed E-state index contributed by atoms with van der Waals surface area (Å²) in [4.78, 5) is 21.0. The number of rotatable bonds is 6. The first-order valence-electron chi connectivity index (χ1n) is 11.2. The number of aromatic nitrogens is 3. The molecule has 37 heavy (non-hydrogen) atoms. The van der Waals surface area contributed by atoms with Crippen LogP contribution in [0.25, 0.3) is 5.65 Å². The van der Waals surface area contributed by atoms with Crippen LogP contribution < -0.4 is 14.8 Å². The molecule has 4 rings (SSSR count). The Morgan fingerprint density at radius 2 is 2.03 bits per heavy atom. The van der Waals surface area contributed by atoms with Crippen molar-refractivity contribution in [3.63, 3.8) is 0 Å². The molecule has 0 spiro atoms. The van der Waals surface area contributed by atoms with Gasteiger partial charge >= 0.3 is 6.18 Å². The van der Waals surface area contributed by atoms with Crippen molar-refractivity contribution in [2.24, 2.45) is 0 Å². The van der Waals surface area contributed by atoms with E-state index in [1.165, 1.54) is 18.3 Å². The van der Waals surface area contributed by atoms with Gasteiger partial charge in [-0.3, -0.25) is 9.20 Å². The zero-order chi connectivity index (χ0) is 27.2. The summed E-state index contributed by atoms with van der Waals surface area (Å²) in [6.45, 7) is 3.25. The molecule has 0 bridgehead atoms. The first-order valence-corrected chi connectivity index (χ1v) is 12.9. The molecule has 1 amide bonds. The van der Waals surface area contributed by atoms with Crippen molar-refractivity contribution in [1.82, 2.24) is 19.7 Å². The van der Waals surface area contributed by atoms with Gasteiger partial charge in [-0.05, 0) is 45.7 Å². The lowest BCUT2D eigenvalue weighted by atomic mass is 10.00. The van der Waals surface area contributed by atoms with Gasteiger partial charge in [0.05, 0.1) is 28.6 Å². The van der Waals surface area contributed by atoms with E-state index in [1.54, 1.807) is 25.2 Å². The molecule has 1 N–H and O–H groups in total. The summed E-state index contributed by atoms with van der Waals surface area (Å²) in [5, 5.41) is 2.86. The SMILES string of the molecule is Cc1c(C(=O)NC2CCS(=O)(=O)C(C)(C)C2)nc2ccc(Oc3ncc(F)cc3OCC(F)(F)F)cn12. The van der Waals surface area contributed by atoms with Crippen LogP contribution in [-0.4, -0.2) is 58.0 Å². The van der Waals surface area contributed by atoms with Crippen LogP contribution in [0.1, 0.15) is 42.9 Å². The number of sulfone groups is 1. The summed E-state index contributed by atoms with van der Waals surface area (Å²) in [7, 11) is -3.25. The van der Waals surface area contributed by atoms with E-state index in [0.29, 0.717) is 17.8 Å². The molecule has 0 radical (unpaired) electrons. The van der Waals surface area contributed by atoms with E-state index in [0.717, 1.165) is 12.3 Å². The maximum atomic E-state index is 13.5. The van der Waals surface area contributed by atoms with Crippen LogP contribution in [0.2, 0.25) is 0 Å². The summed E-state index contributed by atoms with van der Waals surface area (Å²) in [6, 6.07) is 3.37. The van der Waals surface area contributed by atoms with Crippen molar-refractivity contribution in [2.75, 3.05) is 12.4 Å². The van der Waals surface area contributed by atoms with Crippen LogP contribution in [0, 0.1) is 12.7 Å². The average molecular weight is 545 g/mol. The molecule has 1 saturated heterocycles. The average Bonchev–Trinajstić information content (AvgIpc) is 3.12. The standard InChI is InChI=1S/C23H24F4N4O5S/c1-13-19(20(32)29-15-6-7-37(33,34)22(2,3)9-15)30-18-5-4-16(11-31(13)18)36-21-17(8-14(24)10-28-21)35-12-23(25,26)27/h4-5,8,10-11,15H,6-7,9,12H2,1-3H3,(H,29,32). The van der Waals surface area contributed by atoms with Gasteiger partial charge < -0.3 is 14.8 Å². The number of hydrogen-bond acceptors (Lipinski definition) is 7. The topological polar surface area (TPSA) is 112 Å². The lowest BCUT2D eigenvalue weighted by molar-refractivity contribution is -0.153. The van der Waals surface area contributed by atoms with Gasteiger partial charge in [0.2, 0.25) is 0 Å². The second-order valence-electron chi connectivity index (χ2n) is 9.34. The van der Waals surface area contributed by atoms with Crippen LogP contribution in [0.15, 0.2) is 30.6 Å². The summed E-state index contributed by atoms with van der Waals surface area (Å²) < 4.78 is 86.5. The van der Waals surface area contributed by atoms with Crippen molar-refractivity contribution >= 4 is 21.4 Å². The van der Waals surface area contributed by atoms with Crippen LogP contribution in [0.5, 0.6) is 17.4 Å². The van der Waals surface area contributed by atoms with Gasteiger partial charge in [0, 0.05) is 12.1 Å². The Hall–Kier alpha value is -3.42. The summed E-state index contributed by atoms with van der Waals surface area (Å²) in [5.74, 6) is -2.18. The maximum Gasteiger partial charge on any atom is 0.422 e. The van der Waals surface area contributed by atoms with E-state index < -0.39 is 44.8 Å². The molecular weight excluding hydrogens is 520 g/mol. The molecule has 1 fully saturated rings. The largest absolute Gasteiger partial charge is 0.478 e. The molecule has 1 atom stereocenters. The van der Waals surface area contributed by atoms with Gasteiger partial charge in [0.15, 0.2) is 22.2 Å². The van der Waals surface area contributed by atoms with E-state index in [2.05, 4.69) is 20.0 Å². The summed E-state index contributed by atoms with van der Waals surface area (Å²) in [6.07, 6.45) is -1.85. The summed E-state index contributed by atoms with van der Waals surface area (Å²) >= 11 is 0. The zero-order valence-corrected chi connectivity index (χ0v) is 20.9. The fourth-order valence-electron chi connectivity index (χ4n) is 4.05. The molecule has 4 heterocycles. The third kappa shape index (κ3) is 5.78. The van der Waals surface area contributed by atoms with Crippen molar-refractivity contribution in [2.45, 2.75) is 50.6 Å². The Morgan fingerprint density at radius 3 is 2.70 bits per heavy atom. The van der Waals surface area contributed by atoms with Crippen molar-refractivity contribution in [3.8, 4) is 17.4 Å². The van der Waals surface area contributed by atoms with Crippen LogP contribution >= 0.6 is 0 Å². The molecule has 0 aromatic carbocycles. The number of pyridine rings is 2. The fourth-order valence-corrected chi connectivity index (χ4v) is 5.65. The number of halogens is 4. The fraction of sp³-hybridized carbons (Fsp3) is 0.435. The normalized spacial score (nSPS) is 18.9. The Bertz CT molecular complexity index is 1450. The van der Waals surface area contributed by atoms with E-state index in [-0.39, 0.29) is 35.5 Å². The van der Waals surface area contributed by atoms with Crippen LogP contribution in [-0.2, 0) is 9.84 Å². The van der Waals surface area contributed by atoms with Crippen molar-refractivity contribution in [3.05, 3.63) is 47.8 Å². The number of alkyl halides is 3. The number of fused-ring (bicyclic) bond motifs is 1. The molecule has 1 aliphatic rings. The Kier molecular flexibility index (Phi) is 6.82. The number of imidazole rings is 1. The van der Waals surface area contributed by atoms with Gasteiger partial charge in [0.1, 0.15) is 22.9 Å². The van der Waals surface area contributed by atoms with E-state index in [9.17, 15) is 30.8 Å². The van der Waals surface area contributed by atoms with E-state index >= 15 is 0 Å². The molecule has 200 valence electrons. The predicted molar refractivity (Wildman–Crippen MR) is 124 cm³/mol. The highest BCUT2D eigenvalue weighted by Crippen LogP contribution is 2.32. The lowest BCUT2D eigenvalue weighted by Crippen LogP contribution is -2.49. The van der Waals surface area contributed by atoms with Crippen molar-refractivity contribution in [1.29, 1.82) is 0 Å². The summed E-state index contributed by atoms with van der Waals surface area (Å²) in [5.41, 5.74) is 0.959. The monoisotopic (exact) mass is 544 g/mol. The highest BCUT2D eigenvalue weighted by molar-refractivity contribution is 7.92. The van der Waals surface area contributed by atoms with Crippen molar-refractivity contribution < 1.29 is 40.2 Å². The molecule has 3 aromatic rings. The van der Waals surface area contributed by atoms with Crippen LogP contribution in [0.4, 0.5) is 17.6 Å². The first-order chi connectivity index (χ1) is 17.1. The molecule has 1 aliphatic heterocycles. The number of ether oxygens (including phenoxy) is 2. The zero-order valence-electron chi connectivity index (χ0n) is 20.1. The smallest absolute Gasteiger partial charge is 0.422 e. The van der Waals surface area contributed by atoms with Gasteiger partial charge in [-0.1, -0.05) is 0 Å². The second-order valence-corrected chi connectivity index (χ2v) is 12.1. The Balaban J connectivity index is 1.54. The molecule has 0 aliphatic carbocycles. The number of carbonyl (C=O) groups excluding carboxylic acids is 1. The Labute approximate surface area is 209 Å². The molecule has 14 heteroatoms. The van der Waals surface area contributed by atoms with Gasteiger partial charge in [-0.25, -0.2) is 22.8 Å². The highest BCUT2D eigenvalue weighted by Gasteiger charge is 2.41. The minimum Gasteiger partial charge on any atom is -0.478 e. The number of amides is 1. The third-order valence-corrected chi connectivity index (χ3v) is 8.71. The van der Waals surface area contributed by atoms with Gasteiger partial charge in [0.25, 0.3) is 11.8 Å². The van der Waals surface area contributed by atoms with E-state index in [1.807, 2.05) is 0 Å². The molecule has 0 saturated carbocycles. The quantitative estimate of drug-likeness (QED) is 0.467. The third-order valence-electron chi connectivity index (χ3n) is 6.09. The molecule has 9 nitrogen and oxygen atoms in total. The van der Waals surface area contributed by atoms with Crippen LogP contribution in [0.3, 0.4) is 0 Å². The predicted octanol–water partition coefficient (Wildman–Crippen LogP) is 4.00. The second kappa shape index (κ2) is 9.47. The van der Waals surface area contributed by atoms with E-state index in [4.69, 9.17) is 4.74 Å². The number of aryl methyl sites for hydroxylation is 1. The Morgan fingerprint density at radius 1 is 1.30 bits per heavy atom. The lowest BCUT2D eigenvalue weighted by Gasteiger charge is -2.35. The van der Waals surface area contributed by atoms with Gasteiger partial charge in [-0.15, -0.1) is 0 Å². The molecule has 3 aromatic heterocycles. The number of hydrogen-bond donors (Lipinski definition) is 1.